The Balaban J connectivity index is 2.15. The molecule has 1 aromatic carbocycles. The van der Waals surface area contributed by atoms with Gasteiger partial charge in [0.25, 0.3) is 5.79 Å². The number of ketones is 1. The lowest BCUT2D eigenvalue weighted by molar-refractivity contribution is -0.186. The van der Waals surface area contributed by atoms with Crippen LogP contribution in [-0.2, 0) is 20.7 Å². The number of methoxy groups -OCH3 is 2. The predicted octanol–water partition coefficient (Wildman–Crippen LogP) is 2.67. The van der Waals surface area contributed by atoms with Crippen LogP contribution in [0.1, 0.15) is 12.0 Å². The molecule has 0 fully saturated rings. The van der Waals surface area contributed by atoms with Crippen molar-refractivity contribution in [2.75, 3.05) is 14.2 Å². The highest BCUT2D eigenvalue weighted by Gasteiger charge is 2.42. The molecule has 0 saturated heterocycles. The van der Waals surface area contributed by atoms with Crippen molar-refractivity contribution in [2.24, 2.45) is 0 Å². The third-order valence-electron chi connectivity index (χ3n) is 3.39. The minimum absolute atomic E-state index is 0.164. The first-order valence-electron chi connectivity index (χ1n) is 6.29. The van der Waals surface area contributed by atoms with Crippen LogP contribution in [-0.4, -0.2) is 25.8 Å². The number of ether oxygens (including phenoxy) is 2. The predicted molar refractivity (Wildman–Crippen MR) is 73.7 cm³/mol. The second-order valence-electron chi connectivity index (χ2n) is 4.43. The SMILES string of the molecule is COC1(OC)C(=O)C=CC=C1CCc1ccccc1. The Bertz CT molecular complexity index is 496. The summed E-state index contributed by atoms with van der Waals surface area (Å²) in [4.78, 5) is 12.0. The number of rotatable bonds is 5. The summed E-state index contributed by atoms with van der Waals surface area (Å²) < 4.78 is 10.7. The van der Waals surface area contributed by atoms with Crippen LogP contribution < -0.4 is 0 Å². The fourth-order valence-electron chi connectivity index (χ4n) is 2.35. The van der Waals surface area contributed by atoms with E-state index >= 15 is 0 Å². The first kappa shape index (κ1) is 13.7. The molecule has 0 aliphatic heterocycles. The van der Waals surface area contributed by atoms with Gasteiger partial charge in [-0.05, 0) is 30.1 Å². The lowest BCUT2D eigenvalue weighted by Crippen LogP contribution is -2.45. The van der Waals surface area contributed by atoms with Crippen LogP contribution in [0.5, 0.6) is 0 Å². The van der Waals surface area contributed by atoms with Gasteiger partial charge >= 0.3 is 0 Å². The van der Waals surface area contributed by atoms with Crippen molar-refractivity contribution in [2.45, 2.75) is 18.6 Å². The van der Waals surface area contributed by atoms with Crippen LogP contribution >= 0.6 is 0 Å². The lowest BCUT2D eigenvalue weighted by Gasteiger charge is -2.32. The summed E-state index contributed by atoms with van der Waals surface area (Å²) in [5, 5.41) is 0. The molecule has 0 heterocycles. The fraction of sp³-hybridized carbons (Fsp3) is 0.312. The van der Waals surface area contributed by atoms with Crippen LogP contribution in [0.2, 0.25) is 0 Å². The molecule has 0 saturated carbocycles. The number of hydrogen-bond acceptors (Lipinski definition) is 3. The van der Waals surface area contributed by atoms with Crippen molar-refractivity contribution >= 4 is 5.78 Å². The summed E-state index contributed by atoms with van der Waals surface area (Å²) in [6.07, 6.45) is 6.71. The minimum Gasteiger partial charge on any atom is -0.343 e. The summed E-state index contributed by atoms with van der Waals surface area (Å²) in [7, 11) is 2.99. The second-order valence-corrected chi connectivity index (χ2v) is 4.43. The number of carbonyl (C=O) groups is 1. The molecule has 1 aliphatic carbocycles. The highest BCUT2D eigenvalue weighted by atomic mass is 16.7. The molecular formula is C16H18O3. The first-order valence-corrected chi connectivity index (χ1v) is 6.29. The van der Waals surface area contributed by atoms with E-state index in [4.69, 9.17) is 9.47 Å². The Labute approximate surface area is 113 Å². The molecule has 1 aliphatic rings. The molecule has 19 heavy (non-hydrogen) atoms. The van der Waals surface area contributed by atoms with E-state index in [2.05, 4.69) is 12.1 Å². The van der Waals surface area contributed by atoms with Gasteiger partial charge in [0, 0.05) is 14.2 Å². The highest BCUT2D eigenvalue weighted by molar-refractivity contribution is 6.00. The van der Waals surface area contributed by atoms with Crippen molar-refractivity contribution in [3.05, 3.63) is 59.7 Å². The molecule has 100 valence electrons. The molecule has 0 N–H and O–H groups in total. The van der Waals surface area contributed by atoms with Crippen molar-refractivity contribution < 1.29 is 14.3 Å². The third-order valence-corrected chi connectivity index (χ3v) is 3.39. The molecule has 0 aromatic heterocycles. The summed E-state index contributed by atoms with van der Waals surface area (Å²) in [6.45, 7) is 0. The van der Waals surface area contributed by atoms with Gasteiger partial charge in [0.1, 0.15) is 0 Å². The molecule has 0 bridgehead atoms. The Hall–Kier alpha value is -1.71. The molecular weight excluding hydrogens is 240 g/mol. The Kier molecular flexibility index (Phi) is 4.30. The van der Waals surface area contributed by atoms with Crippen molar-refractivity contribution in [3.63, 3.8) is 0 Å². The Morgan fingerprint density at radius 3 is 2.37 bits per heavy atom. The topological polar surface area (TPSA) is 35.5 Å². The van der Waals surface area contributed by atoms with Crippen molar-refractivity contribution in [3.8, 4) is 0 Å². The van der Waals surface area contributed by atoms with Gasteiger partial charge in [-0.3, -0.25) is 4.79 Å². The van der Waals surface area contributed by atoms with Crippen LogP contribution in [0.4, 0.5) is 0 Å². The zero-order valence-electron chi connectivity index (χ0n) is 11.3. The van der Waals surface area contributed by atoms with E-state index in [1.807, 2.05) is 24.3 Å². The molecule has 3 nitrogen and oxygen atoms in total. The second kappa shape index (κ2) is 5.95. The van der Waals surface area contributed by atoms with Crippen LogP contribution in [0, 0.1) is 0 Å². The summed E-state index contributed by atoms with van der Waals surface area (Å²) in [5.41, 5.74) is 2.08. The van der Waals surface area contributed by atoms with E-state index in [0.717, 1.165) is 18.4 Å². The van der Waals surface area contributed by atoms with E-state index in [1.165, 1.54) is 25.9 Å². The van der Waals surface area contributed by atoms with Gasteiger partial charge in [0.05, 0.1) is 0 Å². The summed E-state index contributed by atoms with van der Waals surface area (Å²) in [6, 6.07) is 10.2. The summed E-state index contributed by atoms with van der Waals surface area (Å²) in [5.74, 6) is -1.41. The van der Waals surface area contributed by atoms with E-state index in [9.17, 15) is 4.79 Å². The maximum Gasteiger partial charge on any atom is 0.256 e. The van der Waals surface area contributed by atoms with Crippen molar-refractivity contribution in [1.29, 1.82) is 0 Å². The normalized spacial score (nSPS) is 17.4. The Morgan fingerprint density at radius 2 is 1.74 bits per heavy atom. The van der Waals surface area contributed by atoms with Crippen LogP contribution in [0.3, 0.4) is 0 Å². The number of benzene rings is 1. The first-order chi connectivity index (χ1) is 9.23. The smallest absolute Gasteiger partial charge is 0.256 e. The monoisotopic (exact) mass is 258 g/mol. The van der Waals surface area contributed by atoms with E-state index in [0.29, 0.717) is 0 Å². The van der Waals surface area contributed by atoms with Crippen molar-refractivity contribution in [1.82, 2.24) is 0 Å². The van der Waals surface area contributed by atoms with Gasteiger partial charge in [0.15, 0.2) is 0 Å². The number of hydrogen-bond donors (Lipinski definition) is 0. The fourth-order valence-corrected chi connectivity index (χ4v) is 2.35. The van der Waals surface area contributed by atoms with Crippen LogP contribution in [0.25, 0.3) is 0 Å². The maximum absolute atomic E-state index is 12.0. The quantitative estimate of drug-likeness (QED) is 0.762. The average Bonchev–Trinajstić information content (AvgIpc) is 2.47. The van der Waals surface area contributed by atoms with Gasteiger partial charge < -0.3 is 9.47 Å². The van der Waals surface area contributed by atoms with E-state index in [-0.39, 0.29) is 5.78 Å². The minimum atomic E-state index is -1.25. The van der Waals surface area contributed by atoms with Gasteiger partial charge in [-0.15, -0.1) is 0 Å². The Morgan fingerprint density at radius 1 is 1.05 bits per heavy atom. The lowest BCUT2D eigenvalue weighted by atomic mass is 9.91. The van der Waals surface area contributed by atoms with Gasteiger partial charge in [-0.1, -0.05) is 42.5 Å². The molecule has 3 heteroatoms. The zero-order chi connectivity index (χ0) is 13.7. The molecule has 0 radical (unpaired) electrons. The largest absolute Gasteiger partial charge is 0.343 e. The highest BCUT2D eigenvalue weighted by Crippen LogP contribution is 2.30. The number of carbonyl (C=O) groups excluding carboxylic acids is 1. The van der Waals surface area contributed by atoms with Gasteiger partial charge in [-0.25, -0.2) is 0 Å². The standard InChI is InChI=1S/C16H18O3/c1-18-16(19-2)14(9-6-10-15(16)17)12-11-13-7-4-3-5-8-13/h3-10H,11-12H2,1-2H3. The maximum atomic E-state index is 12.0. The molecule has 0 atom stereocenters. The van der Waals surface area contributed by atoms with Crippen LogP contribution in [0.15, 0.2) is 54.1 Å². The van der Waals surface area contributed by atoms with Gasteiger partial charge in [-0.2, -0.15) is 0 Å². The molecule has 2 rings (SSSR count). The molecule has 0 unspecified atom stereocenters. The molecule has 1 aromatic rings. The molecule has 0 amide bonds. The van der Waals surface area contributed by atoms with E-state index in [1.54, 1.807) is 6.08 Å². The number of allylic oxidation sites excluding steroid dienone is 2. The third kappa shape index (κ3) is 2.67. The zero-order valence-corrected chi connectivity index (χ0v) is 11.3. The number of aryl methyl sites for hydroxylation is 1. The van der Waals surface area contributed by atoms with Gasteiger partial charge in [0.2, 0.25) is 5.78 Å². The van der Waals surface area contributed by atoms with E-state index < -0.39 is 5.79 Å². The molecule has 0 spiro atoms. The average molecular weight is 258 g/mol. The summed E-state index contributed by atoms with van der Waals surface area (Å²) >= 11 is 0.